The molecule has 10 nitrogen and oxygen atoms in total. The molecule has 0 aromatic heterocycles. The summed E-state index contributed by atoms with van der Waals surface area (Å²) in [7, 11) is 0. The van der Waals surface area contributed by atoms with Crippen molar-refractivity contribution in [2.75, 3.05) is 45.9 Å². The number of para-hydroxylation sites is 1. The number of nitrogens with one attached hydrogen (secondary N) is 3. The number of likely N-dealkylation sites (N-methyl/N-ethyl adjacent to an activating group) is 1. The number of nitrogens with zero attached hydrogens (tertiary/aromatic N) is 2. The van der Waals surface area contributed by atoms with Crippen LogP contribution in [0.3, 0.4) is 0 Å². The second-order valence-electron chi connectivity index (χ2n) is 10.1. The van der Waals surface area contributed by atoms with E-state index < -0.39 is 18.0 Å². The maximum atomic E-state index is 13.6. The molecular formula is C30H39N5O5. The number of hydrogen-bond acceptors (Lipinski definition) is 6. The van der Waals surface area contributed by atoms with E-state index in [9.17, 15) is 19.2 Å². The highest BCUT2D eigenvalue weighted by atomic mass is 16.5. The van der Waals surface area contributed by atoms with Crippen molar-refractivity contribution < 1.29 is 23.9 Å². The SMILES string of the molecule is CCN1CCN(C(=O)[C@@H]2CCC(=O)NC(Cc3ccccc3)C(=O)NCCCOc3ccccc3C(=O)N2)CC1. The molecule has 2 aliphatic heterocycles. The Balaban J connectivity index is 1.54. The molecule has 40 heavy (non-hydrogen) atoms. The van der Waals surface area contributed by atoms with Crippen molar-refractivity contribution >= 4 is 23.6 Å². The summed E-state index contributed by atoms with van der Waals surface area (Å²) in [4.78, 5) is 57.1. The molecule has 2 aromatic carbocycles. The highest BCUT2D eigenvalue weighted by Crippen LogP contribution is 2.19. The van der Waals surface area contributed by atoms with E-state index >= 15 is 0 Å². The molecule has 3 N–H and O–H groups in total. The third-order valence-corrected chi connectivity index (χ3v) is 7.34. The van der Waals surface area contributed by atoms with Gasteiger partial charge in [-0.3, -0.25) is 19.2 Å². The van der Waals surface area contributed by atoms with Crippen molar-refractivity contribution in [2.45, 2.75) is 44.7 Å². The second kappa shape index (κ2) is 14.5. The van der Waals surface area contributed by atoms with E-state index in [0.29, 0.717) is 43.8 Å². The summed E-state index contributed by atoms with van der Waals surface area (Å²) in [5.41, 5.74) is 1.24. The lowest BCUT2D eigenvalue weighted by Gasteiger charge is -2.36. The van der Waals surface area contributed by atoms with Gasteiger partial charge in [0, 0.05) is 45.6 Å². The van der Waals surface area contributed by atoms with Crippen LogP contribution in [0.25, 0.3) is 0 Å². The minimum Gasteiger partial charge on any atom is -0.493 e. The fourth-order valence-corrected chi connectivity index (χ4v) is 4.97. The minimum atomic E-state index is -0.895. The number of hydrogen-bond donors (Lipinski definition) is 3. The van der Waals surface area contributed by atoms with E-state index in [4.69, 9.17) is 4.74 Å². The maximum absolute atomic E-state index is 13.6. The van der Waals surface area contributed by atoms with Crippen molar-refractivity contribution in [1.29, 1.82) is 0 Å². The van der Waals surface area contributed by atoms with E-state index in [2.05, 4.69) is 27.8 Å². The summed E-state index contributed by atoms with van der Waals surface area (Å²) in [6.07, 6.45) is 0.928. The van der Waals surface area contributed by atoms with Gasteiger partial charge in [0.1, 0.15) is 17.8 Å². The summed E-state index contributed by atoms with van der Waals surface area (Å²) in [6, 6.07) is 14.7. The molecule has 0 saturated carbocycles. The molecule has 4 amide bonds. The standard InChI is InChI=1S/C30H39N5O5/c1-2-34-16-18-35(19-17-34)30(39)24-13-14-27(36)32-25(21-22-9-4-3-5-10-22)29(38)31-15-8-20-40-26-12-7-6-11-23(26)28(37)33-24/h3-7,9-12,24-25H,2,8,13-21H2,1H3,(H,31,38)(H,32,36)(H,33,37)/t24-,25?/m0/s1. The Morgan fingerprint density at radius 2 is 1.68 bits per heavy atom. The van der Waals surface area contributed by atoms with Gasteiger partial charge in [0.2, 0.25) is 17.7 Å². The van der Waals surface area contributed by atoms with Crippen LogP contribution in [0.2, 0.25) is 0 Å². The second-order valence-corrected chi connectivity index (χ2v) is 10.1. The van der Waals surface area contributed by atoms with Gasteiger partial charge in [-0.25, -0.2) is 0 Å². The van der Waals surface area contributed by atoms with Crippen LogP contribution in [0.1, 0.15) is 42.1 Å². The highest BCUT2D eigenvalue weighted by molar-refractivity contribution is 5.99. The van der Waals surface area contributed by atoms with E-state index in [1.54, 1.807) is 29.2 Å². The molecular weight excluding hydrogens is 510 g/mol. The average Bonchev–Trinajstić information content (AvgIpc) is 2.98. The Kier molecular flexibility index (Phi) is 10.5. The number of benzene rings is 2. The predicted molar refractivity (Wildman–Crippen MR) is 151 cm³/mol. The number of carbonyl (C=O) groups excluding carboxylic acids is 4. The smallest absolute Gasteiger partial charge is 0.255 e. The van der Waals surface area contributed by atoms with Crippen LogP contribution in [-0.2, 0) is 20.8 Å². The van der Waals surface area contributed by atoms with Gasteiger partial charge in [-0.05, 0) is 37.1 Å². The monoisotopic (exact) mass is 549 g/mol. The number of ether oxygens (including phenoxy) is 1. The quantitative estimate of drug-likeness (QED) is 0.530. The van der Waals surface area contributed by atoms with Gasteiger partial charge in [0.05, 0.1) is 12.2 Å². The lowest BCUT2D eigenvalue weighted by Crippen LogP contribution is -2.55. The lowest BCUT2D eigenvalue weighted by molar-refractivity contribution is -0.135. The molecule has 2 aliphatic rings. The Labute approximate surface area is 235 Å². The summed E-state index contributed by atoms with van der Waals surface area (Å²) in [5.74, 6) is -0.867. The Morgan fingerprint density at radius 1 is 0.950 bits per heavy atom. The van der Waals surface area contributed by atoms with Crippen LogP contribution in [0.5, 0.6) is 5.75 Å². The number of carbonyl (C=O) groups is 4. The van der Waals surface area contributed by atoms with Crippen LogP contribution < -0.4 is 20.7 Å². The van der Waals surface area contributed by atoms with Crippen molar-refractivity contribution in [3.8, 4) is 5.75 Å². The number of fused-ring (bicyclic) bond motifs is 1. The fraction of sp³-hybridized carbons (Fsp3) is 0.467. The van der Waals surface area contributed by atoms with E-state index in [1.807, 2.05) is 30.3 Å². The zero-order valence-corrected chi connectivity index (χ0v) is 23.1. The number of amides is 4. The van der Waals surface area contributed by atoms with Gasteiger partial charge < -0.3 is 30.5 Å². The summed E-state index contributed by atoms with van der Waals surface area (Å²) in [6.45, 7) is 6.28. The van der Waals surface area contributed by atoms with Crippen LogP contribution in [-0.4, -0.2) is 91.4 Å². The first-order valence-electron chi connectivity index (χ1n) is 14.1. The molecule has 0 bridgehead atoms. The van der Waals surface area contributed by atoms with Crippen LogP contribution >= 0.6 is 0 Å². The van der Waals surface area contributed by atoms with Crippen LogP contribution in [0, 0.1) is 0 Å². The average molecular weight is 550 g/mol. The van der Waals surface area contributed by atoms with Crippen molar-refractivity contribution in [3.05, 3.63) is 65.7 Å². The highest BCUT2D eigenvalue weighted by Gasteiger charge is 2.30. The van der Waals surface area contributed by atoms with Crippen molar-refractivity contribution in [3.63, 3.8) is 0 Å². The molecule has 0 spiro atoms. The van der Waals surface area contributed by atoms with Gasteiger partial charge in [-0.1, -0.05) is 49.4 Å². The molecule has 1 unspecified atom stereocenters. The molecule has 2 atom stereocenters. The van der Waals surface area contributed by atoms with Gasteiger partial charge in [0.15, 0.2) is 0 Å². The third-order valence-electron chi connectivity index (χ3n) is 7.34. The van der Waals surface area contributed by atoms with Gasteiger partial charge in [-0.2, -0.15) is 0 Å². The molecule has 2 aromatic rings. The molecule has 214 valence electrons. The molecule has 0 radical (unpaired) electrons. The van der Waals surface area contributed by atoms with E-state index in [1.165, 1.54) is 0 Å². The van der Waals surface area contributed by atoms with E-state index in [-0.39, 0.29) is 37.2 Å². The topological polar surface area (TPSA) is 120 Å². The Bertz CT molecular complexity index is 1170. The minimum absolute atomic E-state index is 0.0255. The molecule has 1 fully saturated rings. The Hall–Kier alpha value is -3.92. The van der Waals surface area contributed by atoms with Crippen molar-refractivity contribution in [1.82, 2.24) is 25.8 Å². The largest absolute Gasteiger partial charge is 0.493 e. The summed E-state index contributed by atoms with van der Waals surface area (Å²) < 4.78 is 5.89. The number of rotatable bonds is 4. The van der Waals surface area contributed by atoms with Crippen molar-refractivity contribution in [2.24, 2.45) is 0 Å². The van der Waals surface area contributed by atoms with Gasteiger partial charge >= 0.3 is 0 Å². The molecule has 4 rings (SSSR count). The normalized spacial score (nSPS) is 21.8. The van der Waals surface area contributed by atoms with Gasteiger partial charge in [-0.15, -0.1) is 0 Å². The lowest BCUT2D eigenvalue weighted by atomic mass is 10.0. The summed E-state index contributed by atoms with van der Waals surface area (Å²) in [5, 5.41) is 8.61. The molecule has 10 heteroatoms. The van der Waals surface area contributed by atoms with Gasteiger partial charge in [0.25, 0.3) is 5.91 Å². The maximum Gasteiger partial charge on any atom is 0.255 e. The third kappa shape index (κ3) is 8.05. The fourth-order valence-electron chi connectivity index (χ4n) is 4.97. The first kappa shape index (κ1) is 29.1. The Morgan fingerprint density at radius 3 is 2.42 bits per heavy atom. The van der Waals surface area contributed by atoms with E-state index in [0.717, 1.165) is 25.2 Å². The van der Waals surface area contributed by atoms with Crippen LogP contribution in [0.4, 0.5) is 0 Å². The zero-order chi connectivity index (χ0) is 28.3. The zero-order valence-electron chi connectivity index (χ0n) is 23.1. The first-order valence-corrected chi connectivity index (χ1v) is 14.1. The molecule has 2 heterocycles. The molecule has 0 aliphatic carbocycles. The summed E-state index contributed by atoms with van der Waals surface area (Å²) >= 11 is 0. The van der Waals surface area contributed by atoms with Crippen LogP contribution in [0.15, 0.2) is 54.6 Å². The number of piperazine rings is 1. The molecule has 1 saturated heterocycles. The predicted octanol–water partition coefficient (Wildman–Crippen LogP) is 1.36. The first-order chi connectivity index (χ1) is 19.4.